The molecule has 0 unspecified atom stereocenters. The first-order chi connectivity index (χ1) is 8.06. The first-order valence-corrected chi connectivity index (χ1v) is 7.24. The molecule has 0 fully saturated rings. The highest BCUT2D eigenvalue weighted by molar-refractivity contribution is 9.10. The topological polar surface area (TPSA) is 17.1 Å². The summed E-state index contributed by atoms with van der Waals surface area (Å²) in [6, 6.07) is 6.23. The van der Waals surface area contributed by atoms with Gasteiger partial charge in [0.2, 0.25) is 0 Å². The smallest absolute Gasteiger partial charge is 0.168 e. The molecule has 0 saturated carbocycles. The summed E-state index contributed by atoms with van der Waals surface area (Å²) < 4.78 is 14.3. The SMILES string of the molecule is O=C(Cc1cc(Br)cs1)c1ccc(F)c(Br)c1. The van der Waals surface area contributed by atoms with Crippen LogP contribution in [-0.4, -0.2) is 5.78 Å². The fourth-order valence-corrected chi connectivity index (χ4v) is 3.20. The van der Waals surface area contributed by atoms with Crippen molar-refractivity contribution >= 4 is 49.0 Å². The normalized spacial score (nSPS) is 10.5. The number of rotatable bonds is 3. The lowest BCUT2D eigenvalue weighted by Crippen LogP contribution is -2.02. The summed E-state index contributed by atoms with van der Waals surface area (Å²) >= 11 is 7.94. The maximum absolute atomic E-state index is 13.0. The largest absolute Gasteiger partial charge is 0.294 e. The number of Topliss-reactive ketones (excluding diaryl/α,β-unsaturated/α-hetero) is 1. The average molecular weight is 378 g/mol. The van der Waals surface area contributed by atoms with Gasteiger partial charge >= 0.3 is 0 Å². The maximum Gasteiger partial charge on any atom is 0.168 e. The molecule has 1 heterocycles. The monoisotopic (exact) mass is 376 g/mol. The van der Waals surface area contributed by atoms with Crippen molar-refractivity contribution in [1.29, 1.82) is 0 Å². The molecule has 0 aliphatic heterocycles. The van der Waals surface area contributed by atoms with Crippen molar-refractivity contribution in [3.8, 4) is 0 Å². The summed E-state index contributed by atoms with van der Waals surface area (Å²) in [6.07, 6.45) is 0.342. The van der Waals surface area contributed by atoms with Gasteiger partial charge in [-0.25, -0.2) is 4.39 Å². The molecule has 2 rings (SSSR count). The van der Waals surface area contributed by atoms with E-state index in [4.69, 9.17) is 0 Å². The average Bonchev–Trinajstić information content (AvgIpc) is 2.68. The number of carbonyl (C=O) groups is 1. The molecule has 0 N–H and O–H groups in total. The molecular formula is C12H7Br2FOS. The van der Waals surface area contributed by atoms with E-state index in [1.807, 2.05) is 11.4 Å². The maximum atomic E-state index is 13.0. The van der Waals surface area contributed by atoms with Gasteiger partial charge in [-0.1, -0.05) is 0 Å². The van der Waals surface area contributed by atoms with Crippen LogP contribution >= 0.6 is 43.2 Å². The Morgan fingerprint density at radius 1 is 1.29 bits per heavy atom. The van der Waals surface area contributed by atoms with Crippen molar-refractivity contribution in [2.45, 2.75) is 6.42 Å². The van der Waals surface area contributed by atoms with Gasteiger partial charge in [0.1, 0.15) is 5.82 Å². The number of hydrogen-bond donors (Lipinski definition) is 0. The van der Waals surface area contributed by atoms with Crippen molar-refractivity contribution in [2.75, 3.05) is 0 Å². The molecule has 0 bridgehead atoms. The predicted molar refractivity (Wildman–Crippen MR) is 74.2 cm³/mol. The standard InChI is InChI=1S/C12H7Br2FOS/c13-8-4-9(17-6-8)5-12(16)7-1-2-11(15)10(14)3-7/h1-4,6H,5H2. The third-order valence-electron chi connectivity index (χ3n) is 2.20. The Morgan fingerprint density at radius 2 is 2.06 bits per heavy atom. The second-order valence-corrected chi connectivity index (χ2v) is 6.23. The van der Waals surface area contributed by atoms with Crippen molar-refractivity contribution in [3.63, 3.8) is 0 Å². The lowest BCUT2D eigenvalue weighted by atomic mass is 10.1. The van der Waals surface area contributed by atoms with Crippen molar-refractivity contribution in [1.82, 2.24) is 0 Å². The van der Waals surface area contributed by atoms with Crippen LogP contribution in [0.1, 0.15) is 15.2 Å². The molecule has 1 nitrogen and oxygen atoms in total. The van der Waals surface area contributed by atoms with Crippen molar-refractivity contribution < 1.29 is 9.18 Å². The van der Waals surface area contributed by atoms with Gasteiger partial charge in [-0.15, -0.1) is 11.3 Å². The summed E-state index contributed by atoms with van der Waals surface area (Å²) in [6.45, 7) is 0. The Bertz CT molecular complexity index is 565. The highest BCUT2D eigenvalue weighted by Crippen LogP contribution is 2.22. The van der Waals surface area contributed by atoms with Crippen molar-refractivity contribution in [3.05, 3.63) is 54.8 Å². The molecular weight excluding hydrogens is 371 g/mol. The van der Waals surface area contributed by atoms with Crippen LogP contribution in [0.5, 0.6) is 0 Å². The van der Waals surface area contributed by atoms with E-state index in [2.05, 4.69) is 31.9 Å². The molecule has 0 atom stereocenters. The number of halogens is 3. The number of benzene rings is 1. The van der Waals surface area contributed by atoms with Gasteiger partial charge in [0.25, 0.3) is 0 Å². The molecule has 1 aromatic heterocycles. The van der Waals surface area contributed by atoms with Crippen LogP contribution in [0.3, 0.4) is 0 Å². The minimum Gasteiger partial charge on any atom is -0.294 e. The van der Waals surface area contributed by atoms with Crippen LogP contribution in [-0.2, 0) is 6.42 Å². The molecule has 0 aliphatic carbocycles. The number of carbonyl (C=O) groups excluding carboxylic acids is 1. The van der Waals surface area contributed by atoms with Gasteiger partial charge in [-0.2, -0.15) is 0 Å². The summed E-state index contributed by atoms with van der Waals surface area (Å²) in [4.78, 5) is 12.9. The van der Waals surface area contributed by atoms with Crippen LogP contribution < -0.4 is 0 Å². The molecule has 1 aromatic carbocycles. The number of thiophene rings is 1. The number of hydrogen-bond acceptors (Lipinski definition) is 2. The number of ketones is 1. The molecule has 2 aromatic rings. The first-order valence-electron chi connectivity index (χ1n) is 4.77. The zero-order chi connectivity index (χ0) is 12.4. The van der Waals surface area contributed by atoms with Gasteiger partial charge in [0, 0.05) is 26.7 Å². The summed E-state index contributed by atoms with van der Waals surface area (Å²) in [5.41, 5.74) is 0.516. The summed E-state index contributed by atoms with van der Waals surface area (Å²) in [5, 5.41) is 1.93. The fraction of sp³-hybridized carbons (Fsp3) is 0.0833. The first kappa shape index (κ1) is 12.9. The second kappa shape index (κ2) is 5.42. The molecule has 17 heavy (non-hydrogen) atoms. The van der Waals surface area contributed by atoms with Gasteiger partial charge in [-0.3, -0.25) is 4.79 Å². The van der Waals surface area contributed by atoms with Crippen LogP contribution in [0.15, 0.2) is 38.6 Å². The van der Waals surface area contributed by atoms with E-state index in [-0.39, 0.29) is 11.6 Å². The molecule has 0 spiro atoms. The minimum absolute atomic E-state index is 0.0138. The van der Waals surface area contributed by atoms with Gasteiger partial charge in [0.15, 0.2) is 5.78 Å². The second-order valence-electron chi connectivity index (χ2n) is 3.46. The minimum atomic E-state index is -0.361. The molecule has 5 heteroatoms. The Balaban J connectivity index is 2.17. The zero-order valence-corrected chi connectivity index (χ0v) is 12.5. The third kappa shape index (κ3) is 3.24. The molecule has 88 valence electrons. The Kier molecular flexibility index (Phi) is 4.12. The van der Waals surface area contributed by atoms with Crippen LogP contribution in [0, 0.1) is 5.82 Å². The van der Waals surface area contributed by atoms with Crippen LogP contribution in [0.4, 0.5) is 4.39 Å². The highest BCUT2D eigenvalue weighted by atomic mass is 79.9. The Morgan fingerprint density at radius 3 is 2.65 bits per heavy atom. The zero-order valence-electron chi connectivity index (χ0n) is 8.54. The third-order valence-corrected chi connectivity index (χ3v) is 4.50. The van der Waals surface area contributed by atoms with E-state index in [9.17, 15) is 9.18 Å². The van der Waals surface area contributed by atoms with E-state index in [1.54, 1.807) is 0 Å². The molecule has 0 aliphatic rings. The Labute approximate surface area is 119 Å². The highest BCUT2D eigenvalue weighted by Gasteiger charge is 2.10. The van der Waals surface area contributed by atoms with E-state index >= 15 is 0 Å². The molecule has 0 radical (unpaired) electrons. The van der Waals surface area contributed by atoms with Gasteiger partial charge in [-0.05, 0) is 56.1 Å². The van der Waals surface area contributed by atoms with Crippen LogP contribution in [0.2, 0.25) is 0 Å². The molecule has 0 amide bonds. The fourth-order valence-electron chi connectivity index (χ4n) is 1.38. The molecule has 0 saturated heterocycles. The van der Waals surface area contributed by atoms with Crippen LogP contribution in [0.25, 0.3) is 0 Å². The van der Waals surface area contributed by atoms with Crippen molar-refractivity contribution in [2.24, 2.45) is 0 Å². The Hall–Kier alpha value is -0.520. The van der Waals surface area contributed by atoms with E-state index in [0.29, 0.717) is 16.5 Å². The van der Waals surface area contributed by atoms with Gasteiger partial charge < -0.3 is 0 Å². The van der Waals surface area contributed by atoms with E-state index < -0.39 is 0 Å². The van der Waals surface area contributed by atoms with Gasteiger partial charge in [0.05, 0.1) is 4.47 Å². The van der Waals surface area contributed by atoms with E-state index in [0.717, 1.165) is 9.35 Å². The quantitative estimate of drug-likeness (QED) is 0.699. The van der Waals surface area contributed by atoms with E-state index in [1.165, 1.54) is 29.5 Å². The summed E-state index contributed by atoms with van der Waals surface area (Å²) in [7, 11) is 0. The summed E-state index contributed by atoms with van der Waals surface area (Å²) in [5.74, 6) is -0.375. The lowest BCUT2D eigenvalue weighted by molar-refractivity contribution is 0.0993. The lowest BCUT2D eigenvalue weighted by Gasteiger charge is -2.01. The predicted octanol–water partition coefficient (Wildman–Crippen LogP) is 4.84.